The Bertz CT molecular complexity index is 231. The van der Waals surface area contributed by atoms with Crippen LogP contribution in [0.1, 0.15) is 27.7 Å². The summed E-state index contributed by atoms with van der Waals surface area (Å²) in [4.78, 5) is 0. The fourth-order valence-electron chi connectivity index (χ4n) is 2.26. The van der Waals surface area contributed by atoms with Crippen LogP contribution in [0.3, 0.4) is 0 Å². The molecule has 0 aliphatic heterocycles. The average molecular weight is 248 g/mol. The topological polar surface area (TPSA) is 79.2 Å². The summed E-state index contributed by atoms with van der Waals surface area (Å²) >= 11 is 0. The molecule has 0 unspecified atom stereocenters. The SMILES string of the molecule is CC(C)O[C@@H]1[C@H](CO)[C@@H](O)[C@@H](O)[C@@H]1OC(C)C. The Labute approximate surface area is 102 Å². The maximum Gasteiger partial charge on any atom is 0.113 e. The van der Waals surface area contributed by atoms with Crippen LogP contribution in [0.5, 0.6) is 0 Å². The first-order chi connectivity index (χ1) is 7.88. The molecule has 0 aromatic heterocycles. The summed E-state index contributed by atoms with van der Waals surface area (Å²) in [6.45, 7) is 7.24. The summed E-state index contributed by atoms with van der Waals surface area (Å²) in [5.41, 5.74) is 0. The van der Waals surface area contributed by atoms with E-state index in [4.69, 9.17) is 9.47 Å². The second-order valence-electron chi connectivity index (χ2n) is 5.13. The highest BCUT2D eigenvalue weighted by molar-refractivity contribution is 5.00. The van der Waals surface area contributed by atoms with E-state index in [2.05, 4.69) is 0 Å². The normalized spacial score (nSPS) is 38.3. The van der Waals surface area contributed by atoms with Crippen LogP contribution >= 0.6 is 0 Å². The molecular weight excluding hydrogens is 224 g/mol. The fourth-order valence-corrected chi connectivity index (χ4v) is 2.26. The zero-order chi connectivity index (χ0) is 13.2. The van der Waals surface area contributed by atoms with Gasteiger partial charge in [0.05, 0.1) is 31.0 Å². The van der Waals surface area contributed by atoms with E-state index in [0.717, 1.165) is 0 Å². The van der Waals surface area contributed by atoms with Crippen molar-refractivity contribution in [1.29, 1.82) is 0 Å². The van der Waals surface area contributed by atoms with E-state index in [9.17, 15) is 15.3 Å². The van der Waals surface area contributed by atoms with Gasteiger partial charge in [-0.1, -0.05) is 0 Å². The van der Waals surface area contributed by atoms with Gasteiger partial charge in [-0.3, -0.25) is 0 Å². The van der Waals surface area contributed by atoms with Crippen LogP contribution < -0.4 is 0 Å². The van der Waals surface area contributed by atoms with Gasteiger partial charge in [-0.2, -0.15) is 0 Å². The summed E-state index contributed by atoms with van der Waals surface area (Å²) in [5.74, 6) is -0.504. The van der Waals surface area contributed by atoms with Crippen LogP contribution in [-0.4, -0.2) is 58.6 Å². The third kappa shape index (κ3) is 3.39. The van der Waals surface area contributed by atoms with Gasteiger partial charge in [-0.25, -0.2) is 0 Å². The van der Waals surface area contributed by atoms with Crippen LogP contribution in [-0.2, 0) is 9.47 Å². The van der Waals surface area contributed by atoms with Gasteiger partial charge in [0, 0.05) is 5.92 Å². The standard InChI is InChI=1S/C12H24O5/c1-6(2)16-11-8(5-13)9(14)10(15)12(11)17-7(3)4/h6-15H,5H2,1-4H3/t8-,9-,10-,11-,12+/m1/s1. The molecular formula is C12H24O5. The van der Waals surface area contributed by atoms with Gasteiger partial charge in [0.2, 0.25) is 0 Å². The second-order valence-corrected chi connectivity index (χ2v) is 5.13. The van der Waals surface area contributed by atoms with E-state index in [0.29, 0.717) is 0 Å². The van der Waals surface area contributed by atoms with Crippen molar-refractivity contribution in [3.63, 3.8) is 0 Å². The van der Waals surface area contributed by atoms with Crippen molar-refractivity contribution in [2.24, 2.45) is 5.92 Å². The van der Waals surface area contributed by atoms with Crippen molar-refractivity contribution in [1.82, 2.24) is 0 Å². The van der Waals surface area contributed by atoms with E-state index in [1.54, 1.807) is 0 Å². The highest BCUT2D eigenvalue weighted by Crippen LogP contribution is 2.33. The Kier molecular flexibility index (Phi) is 5.34. The van der Waals surface area contributed by atoms with Crippen LogP contribution in [0, 0.1) is 5.92 Å². The van der Waals surface area contributed by atoms with Gasteiger partial charge in [0.15, 0.2) is 0 Å². The molecule has 0 saturated heterocycles. The van der Waals surface area contributed by atoms with E-state index >= 15 is 0 Å². The minimum absolute atomic E-state index is 0.0511. The van der Waals surface area contributed by atoms with E-state index in [1.165, 1.54) is 0 Å². The number of hydrogen-bond donors (Lipinski definition) is 3. The smallest absolute Gasteiger partial charge is 0.113 e. The molecule has 17 heavy (non-hydrogen) atoms. The maximum absolute atomic E-state index is 9.93. The number of rotatable bonds is 5. The molecule has 3 N–H and O–H groups in total. The van der Waals surface area contributed by atoms with Gasteiger partial charge >= 0.3 is 0 Å². The fraction of sp³-hybridized carbons (Fsp3) is 1.00. The summed E-state index contributed by atoms with van der Waals surface area (Å²) in [5, 5.41) is 29.1. The molecule has 0 spiro atoms. The molecule has 0 aromatic carbocycles. The van der Waals surface area contributed by atoms with Crippen LogP contribution in [0.2, 0.25) is 0 Å². The van der Waals surface area contributed by atoms with Crippen molar-refractivity contribution in [3.8, 4) is 0 Å². The Balaban J connectivity index is 2.82. The molecule has 102 valence electrons. The van der Waals surface area contributed by atoms with Crippen LogP contribution in [0.25, 0.3) is 0 Å². The van der Waals surface area contributed by atoms with Gasteiger partial charge in [-0.05, 0) is 27.7 Å². The lowest BCUT2D eigenvalue weighted by Crippen LogP contribution is -2.39. The first-order valence-corrected chi connectivity index (χ1v) is 6.16. The summed E-state index contributed by atoms with van der Waals surface area (Å²) in [6.07, 6.45) is -3.22. The molecule has 0 heterocycles. The molecule has 1 fully saturated rings. The van der Waals surface area contributed by atoms with E-state index in [-0.39, 0.29) is 18.8 Å². The first kappa shape index (κ1) is 14.9. The monoisotopic (exact) mass is 248 g/mol. The highest BCUT2D eigenvalue weighted by atomic mass is 16.6. The van der Waals surface area contributed by atoms with Crippen molar-refractivity contribution in [2.75, 3.05) is 6.61 Å². The summed E-state index contributed by atoms with van der Waals surface area (Å²) in [6, 6.07) is 0. The van der Waals surface area contributed by atoms with Crippen molar-refractivity contribution >= 4 is 0 Å². The highest BCUT2D eigenvalue weighted by Gasteiger charge is 2.51. The molecule has 5 atom stereocenters. The lowest BCUT2D eigenvalue weighted by molar-refractivity contribution is -0.134. The quantitative estimate of drug-likeness (QED) is 0.634. The molecule has 1 aliphatic carbocycles. The zero-order valence-corrected chi connectivity index (χ0v) is 10.9. The minimum atomic E-state index is -1.02. The van der Waals surface area contributed by atoms with Crippen molar-refractivity contribution in [3.05, 3.63) is 0 Å². The lowest BCUT2D eigenvalue weighted by atomic mass is 10.0. The largest absolute Gasteiger partial charge is 0.396 e. The third-order valence-corrected chi connectivity index (χ3v) is 2.94. The van der Waals surface area contributed by atoms with Crippen LogP contribution in [0.15, 0.2) is 0 Å². The Hall–Kier alpha value is -0.200. The number of hydrogen-bond acceptors (Lipinski definition) is 5. The maximum atomic E-state index is 9.93. The van der Waals surface area contributed by atoms with Gasteiger partial charge in [-0.15, -0.1) is 0 Å². The second kappa shape index (κ2) is 6.11. The molecule has 1 saturated carbocycles. The van der Waals surface area contributed by atoms with Gasteiger partial charge in [0.25, 0.3) is 0 Å². The van der Waals surface area contributed by atoms with Gasteiger partial charge < -0.3 is 24.8 Å². The lowest BCUT2D eigenvalue weighted by Gasteiger charge is -2.28. The molecule has 0 aromatic rings. The van der Waals surface area contributed by atoms with Crippen molar-refractivity contribution < 1.29 is 24.8 Å². The van der Waals surface area contributed by atoms with Crippen molar-refractivity contribution in [2.45, 2.75) is 64.3 Å². The molecule has 0 radical (unpaired) electrons. The third-order valence-electron chi connectivity index (χ3n) is 2.94. The van der Waals surface area contributed by atoms with Gasteiger partial charge in [0.1, 0.15) is 12.2 Å². The summed E-state index contributed by atoms with van der Waals surface area (Å²) < 4.78 is 11.3. The van der Waals surface area contributed by atoms with Crippen LogP contribution in [0.4, 0.5) is 0 Å². The molecule has 0 bridgehead atoms. The molecule has 1 aliphatic rings. The summed E-state index contributed by atoms with van der Waals surface area (Å²) in [7, 11) is 0. The number of ether oxygens (including phenoxy) is 2. The van der Waals surface area contributed by atoms with E-state index in [1.807, 2.05) is 27.7 Å². The number of aliphatic hydroxyl groups excluding tert-OH is 3. The predicted octanol–water partition coefficient (Wildman–Crippen LogP) is -0.0825. The number of aliphatic hydroxyl groups is 3. The van der Waals surface area contributed by atoms with E-state index < -0.39 is 30.3 Å². The Morgan fingerprint density at radius 1 is 0.882 bits per heavy atom. The molecule has 5 heteroatoms. The molecule has 5 nitrogen and oxygen atoms in total. The average Bonchev–Trinajstić information content (AvgIpc) is 2.42. The zero-order valence-electron chi connectivity index (χ0n) is 10.9. The molecule has 0 amide bonds. The predicted molar refractivity (Wildman–Crippen MR) is 62.6 cm³/mol. The first-order valence-electron chi connectivity index (χ1n) is 6.16. The molecule has 1 rings (SSSR count). The Morgan fingerprint density at radius 2 is 1.35 bits per heavy atom. The minimum Gasteiger partial charge on any atom is -0.396 e. The Morgan fingerprint density at radius 3 is 1.76 bits per heavy atom.